The number of hydrogen-bond donors (Lipinski definition) is 1. The van der Waals surface area contributed by atoms with E-state index in [0.29, 0.717) is 32.2 Å². The van der Waals surface area contributed by atoms with Crippen LogP contribution in [0.25, 0.3) is 10.2 Å². The topological polar surface area (TPSA) is 125 Å². The van der Waals surface area contributed by atoms with Gasteiger partial charge in [-0.25, -0.2) is 9.78 Å². The standard InChI is InChI=1S/C20H25N5O5S2/c1-6-12(15(26)22-20-24-23-16(32-20)10(2)3)25-9-21-17-13(18(25)27)11(4)14(31-17)19(28)30-8-7-29-5/h9-10,12H,6-8H2,1-5H3,(H,22,24,26). The number of hydrogen-bond acceptors (Lipinski definition) is 10. The van der Waals surface area contributed by atoms with Crippen LogP contribution < -0.4 is 10.9 Å². The van der Waals surface area contributed by atoms with E-state index in [1.807, 2.05) is 13.8 Å². The summed E-state index contributed by atoms with van der Waals surface area (Å²) in [6, 6.07) is -0.790. The lowest BCUT2D eigenvalue weighted by Gasteiger charge is -2.16. The molecular weight excluding hydrogens is 454 g/mol. The Hall–Kier alpha value is -2.70. The van der Waals surface area contributed by atoms with Gasteiger partial charge >= 0.3 is 5.97 Å². The van der Waals surface area contributed by atoms with Gasteiger partial charge in [0.15, 0.2) is 0 Å². The maximum absolute atomic E-state index is 13.2. The molecule has 1 atom stereocenters. The molecule has 0 saturated carbocycles. The molecular formula is C20H25N5O5S2. The molecule has 10 nitrogen and oxygen atoms in total. The molecule has 0 radical (unpaired) electrons. The van der Waals surface area contributed by atoms with Crippen molar-refractivity contribution < 1.29 is 19.1 Å². The maximum Gasteiger partial charge on any atom is 0.348 e. The normalized spacial score (nSPS) is 12.3. The van der Waals surface area contributed by atoms with Crippen LogP contribution in [-0.2, 0) is 14.3 Å². The molecule has 3 aromatic heterocycles. The largest absolute Gasteiger partial charge is 0.459 e. The zero-order valence-corrected chi connectivity index (χ0v) is 20.1. The SMILES string of the molecule is CCC(C(=O)Nc1nnc(C(C)C)s1)n1cnc2sc(C(=O)OCCOC)c(C)c2c1=O. The number of amides is 1. The van der Waals surface area contributed by atoms with Gasteiger partial charge in [0, 0.05) is 13.0 Å². The third-order valence-electron chi connectivity index (χ3n) is 4.77. The van der Waals surface area contributed by atoms with Gasteiger partial charge in [0.2, 0.25) is 11.0 Å². The summed E-state index contributed by atoms with van der Waals surface area (Å²) in [5.74, 6) is -0.712. The van der Waals surface area contributed by atoms with Crippen LogP contribution in [0.2, 0.25) is 0 Å². The molecule has 0 aromatic carbocycles. The number of thiophene rings is 1. The monoisotopic (exact) mass is 479 g/mol. The predicted molar refractivity (Wildman–Crippen MR) is 123 cm³/mol. The van der Waals surface area contributed by atoms with E-state index in [1.54, 1.807) is 13.8 Å². The number of aryl methyl sites for hydroxylation is 1. The Morgan fingerprint density at radius 2 is 1.97 bits per heavy atom. The highest BCUT2D eigenvalue weighted by molar-refractivity contribution is 7.20. The maximum atomic E-state index is 13.2. The van der Waals surface area contributed by atoms with Crippen LogP contribution in [0.15, 0.2) is 11.1 Å². The van der Waals surface area contributed by atoms with E-state index in [0.717, 1.165) is 16.3 Å². The van der Waals surface area contributed by atoms with Crippen LogP contribution in [0.1, 0.15) is 59.4 Å². The van der Waals surface area contributed by atoms with Gasteiger partial charge in [-0.05, 0) is 18.9 Å². The minimum Gasteiger partial charge on any atom is -0.459 e. The van der Waals surface area contributed by atoms with Gasteiger partial charge in [0.1, 0.15) is 27.4 Å². The molecule has 0 aliphatic carbocycles. The second kappa shape index (κ2) is 10.3. The quantitative estimate of drug-likeness (QED) is 0.366. The summed E-state index contributed by atoms with van der Waals surface area (Å²) in [6.45, 7) is 7.86. The fourth-order valence-corrected chi connectivity index (χ4v) is 4.83. The molecule has 32 heavy (non-hydrogen) atoms. The van der Waals surface area contributed by atoms with Crippen molar-refractivity contribution in [3.05, 3.63) is 32.1 Å². The Bertz CT molecular complexity index is 1180. The molecule has 0 saturated heterocycles. The number of methoxy groups -OCH3 is 1. The van der Waals surface area contributed by atoms with Crippen LogP contribution in [0.5, 0.6) is 0 Å². The number of fused-ring (bicyclic) bond motifs is 1. The van der Waals surface area contributed by atoms with Gasteiger partial charge in [-0.2, -0.15) is 0 Å². The second-order valence-electron chi connectivity index (χ2n) is 7.34. The van der Waals surface area contributed by atoms with Gasteiger partial charge in [0.25, 0.3) is 5.56 Å². The van der Waals surface area contributed by atoms with Gasteiger partial charge in [0.05, 0.1) is 18.3 Å². The first-order valence-corrected chi connectivity index (χ1v) is 11.7. The third kappa shape index (κ3) is 4.87. The van der Waals surface area contributed by atoms with Crippen LogP contribution in [0.3, 0.4) is 0 Å². The number of rotatable bonds is 9. The summed E-state index contributed by atoms with van der Waals surface area (Å²) < 4.78 is 11.4. The van der Waals surface area contributed by atoms with Crippen molar-refractivity contribution in [1.29, 1.82) is 0 Å². The molecule has 0 bridgehead atoms. The highest BCUT2D eigenvalue weighted by atomic mass is 32.1. The summed E-state index contributed by atoms with van der Waals surface area (Å²) >= 11 is 2.39. The molecule has 0 fully saturated rings. The molecule has 3 heterocycles. The third-order valence-corrected chi connectivity index (χ3v) is 7.09. The minimum atomic E-state index is -0.790. The number of nitrogens with one attached hydrogen (secondary N) is 1. The molecule has 0 aliphatic heterocycles. The molecule has 172 valence electrons. The van der Waals surface area contributed by atoms with E-state index in [4.69, 9.17) is 9.47 Å². The highest BCUT2D eigenvalue weighted by Gasteiger charge is 2.25. The lowest BCUT2D eigenvalue weighted by molar-refractivity contribution is -0.119. The molecule has 0 aliphatic rings. The van der Waals surface area contributed by atoms with Gasteiger partial charge in [-0.1, -0.05) is 32.1 Å². The molecule has 1 amide bonds. The Labute approximate surface area is 192 Å². The molecule has 1 N–H and O–H groups in total. The first-order valence-electron chi connectivity index (χ1n) is 10.1. The Morgan fingerprint density at radius 1 is 1.22 bits per heavy atom. The van der Waals surface area contributed by atoms with Crippen molar-refractivity contribution >= 4 is 49.9 Å². The number of esters is 1. The van der Waals surface area contributed by atoms with E-state index in [1.165, 1.54) is 29.3 Å². The van der Waals surface area contributed by atoms with E-state index in [-0.39, 0.29) is 30.6 Å². The first kappa shape index (κ1) is 24.0. The average Bonchev–Trinajstić information content (AvgIpc) is 3.35. The fourth-order valence-electron chi connectivity index (χ4n) is 3.05. The van der Waals surface area contributed by atoms with Gasteiger partial charge < -0.3 is 9.47 Å². The lowest BCUT2D eigenvalue weighted by Crippen LogP contribution is -2.33. The predicted octanol–water partition coefficient (Wildman–Crippen LogP) is 3.13. The number of nitrogens with zero attached hydrogens (tertiary/aromatic N) is 4. The van der Waals surface area contributed by atoms with Crippen molar-refractivity contribution in [1.82, 2.24) is 19.7 Å². The van der Waals surface area contributed by atoms with Gasteiger partial charge in [-0.15, -0.1) is 21.5 Å². The van der Waals surface area contributed by atoms with Gasteiger partial charge in [-0.3, -0.25) is 19.5 Å². The minimum absolute atomic E-state index is 0.114. The number of carbonyl (C=O) groups excluding carboxylic acids is 2. The highest BCUT2D eigenvalue weighted by Crippen LogP contribution is 2.28. The molecule has 3 rings (SSSR count). The summed E-state index contributed by atoms with van der Waals surface area (Å²) in [5, 5.41) is 12.3. The second-order valence-corrected chi connectivity index (χ2v) is 9.34. The molecule has 3 aromatic rings. The van der Waals surface area contributed by atoms with Crippen molar-refractivity contribution in [2.75, 3.05) is 25.6 Å². The number of carbonyl (C=O) groups is 2. The van der Waals surface area contributed by atoms with Crippen molar-refractivity contribution in [3.63, 3.8) is 0 Å². The number of aromatic nitrogens is 4. The summed E-state index contributed by atoms with van der Waals surface area (Å²) in [7, 11) is 1.51. The molecule has 1 unspecified atom stereocenters. The van der Waals surface area contributed by atoms with E-state index in [9.17, 15) is 14.4 Å². The number of anilines is 1. The molecule has 0 spiro atoms. The smallest absolute Gasteiger partial charge is 0.348 e. The summed E-state index contributed by atoms with van der Waals surface area (Å²) in [4.78, 5) is 43.6. The van der Waals surface area contributed by atoms with Crippen LogP contribution >= 0.6 is 22.7 Å². The Kier molecular flexibility index (Phi) is 7.69. The Balaban J connectivity index is 1.90. The van der Waals surface area contributed by atoms with Crippen LogP contribution in [0.4, 0.5) is 5.13 Å². The van der Waals surface area contributed by atoms with E-state index < -0.39 is 12.0 Å². The van der Waals surface area contributed by atoms with E-state index >= 15 is 0 Å². The first-order chi connectivity index (χ1) is 15.3. The van der Waals surface area contributed by atoms with Crippen molar-refractivity contribution in [3.8, 4) is 0 Å². The van der Waals surface area contributed by atoms with Crippen LogP contribution in [0, 0.1) is 6.92 Å². The summed E-state index contributed by atoms with van der Waals surface area (Å²) in [5.41, 5.74) is 0.0991. The fraction of sp³-hybridized carbons (Fsp3) is 0.500. The van der Waals surface area contributed by atoms with Crippen molar-refractivity contribution in [2.24, 2.45) is 0 Å². The lowest BCUT2D eigenvalue weighted by atomic mass is 10.2. The number of ether oxygens (including phenoxy) is 2. The van der Waals surface area contributed by atoms with E-state index in [2.05, 4.69) is 20.5 Å². The zero-order chi connectivity index (χ0) is 23.4. The zero-order valence-electron chi connectivity index (χ0n) is 18.5. The van der Waals surface area contributed by atoms with Crippen LogP contribution in [-0.4, -0.2) is 51.9 Å². The molecule has 12 heteroatoms. The average molecular weight is 480 g/mol. The van der Waals surface area contributed by atoms with Crippen molar-refractivity contribution in [2.45, 2.75) is 46.1 Å². The Morgan fingerprint density at radius 3 is 2.59 bits per heavy atom. The summed E-state index contributed by atoms with van der Waals surface area (Å²) in [6.07, 6.45) is 1.71.